The summed E-state index contributed by atoms with van der Waals surface area (Å²) in [6, 6.07) is 11.8. The van der Waals surface area contributed by atoms with Gasteiger partial charge in [-0.15, -0.1) is 0 Å². The summed E-state index contributed by atoms with van der Waals surface area (Å²) in [4.78, 5) is 69.3. The Hall–Kier alpha value is -5.52. The number of hydrogen-bond donors (Lipinski definition) is 2. The highest BCUT2D eigenvalue weighted by Gasteiger charge is 2.44. The number of anilines is 2. The zero-order valence-corrected chi connectivity index (χ0v) is 31.8. The summed E-state index contributed by atoms with van der Waals surface area (Å²) in [5.74, 6) is 0.354. The van der Waals surface area contributed by atoms with Gasteiger partial charge in [0.25, 0.3) is 17.7 Å². The van der Waals surface area contributed by atoms with Crippen LogP contribution in [-0.4, -0.2) is 107 Å². The third-order valence-electron chi connectivity index (χ3n) is 11.6. The third kappa shape index (κ3) is 7.79. The minimum Gasteiger partial charge on any atom is -0.490 e. The number of carbonyl (C=O) groups is 4. The number of imide groups is 1. The first kappa shape index (κ1) is 37.4. The normalized spacial score (nSPS) is 24.2. The lowest BCUT2D eigenvalue weighted by Gasteiger charge is -2.37. The van der Waals surface area contributed by atoms with Crippen LogP contribution in [0, 0.1) is 17.2 Å². The van der Waals surface area contributed by atoms with Crippen molar-refractivity contribution in [3.05, 3.63) is 88.3 Å². The van der Waals surface area contributed by atoms with Crippen molar-refractivity contribution >= 4 is 46.9 Å². The van der Waals surface area contributed by atoms with Crippen LogP contribution in [0.15, 0.2) is 61.1 Å². The number of ether oxygens (including phenoxy) is 1. The molecule has 4 fully saturated rings. The minimum absolute atomic E-state index is 0.0229. The first-order valence-electron chi connectivity index (χ1n) is 19.4. The van der Waals surface area contributed by atoms with Gasteiger partial charge < -0.3 is 25.2 Å². The molecule has 4 aliphatic heterocycles. The molecule has 1 aliphatic carbocycles. The summed E-state index contributed by atoms with van der Waals surface area (Å²) in [6.07, 6.45) is 8.35. The Labute approximate surface area is 330 Å². The van der Waals surface area contributed by atoms with E-state index in [1.807, 2.05) is 6.07 Å². The number of nitriles is 1. The largest absolute Gasteiger partial charge is 0.490 e. The number of fused-ring (bicyclic) bond motifs is 1. The highest BCUT2D eigenvalue weighted by molar-refractivity contribution is 6.31. The van der Waals surface area contributed by atoms with E-state index in [1.165, 1.54) is 0 Å². The van der Waals surface area contributed by atoms with Crippen LogP contribution in [-0.2, 0) is 4.79 Å². The molecule has 2 aromatic carbocycles. The van der Waals surface area contributed by atoms with E-state index in [1.54, 1.807) is 42.7 Å². The maximum atomic E-state index is 13.4. The number of allylic oxidation sites excluding steroid dienone is 1. The predicted octanol–water partition coefficient (Wildman–Crippen LogP) is 4.16. The molecule has 5 aliphatic rings. The third-order valence-corrected chi connectivity index (χ3v) is 11.9. The van der Waals surface area contributed by atoms with E-state index in [-0.39, 0.29) is 24.0 Å². The average molecular weight is 778 g/mol. The van der Waals surface area contributed by atoms with Crippen LogP contribution in [0.2, 0.25) is 5.02 Å². The van der Waals surface area contributed by atoms with Gasteiger partial charge in [-0.05, 0) is 81.2 Å². The van der Waals surface area contributed by atoms with Gasteiger partial charge in [-0.2, -0.15) is 5.26 Å². The van der Waals surface area contributed by atoms with Crippen molar-refractivity contribution < 1.29 is 23.9 Å². The lowest BCUT2D eigenvalue weighted by Crippen LogP contribution is -2.51. The predicted molar refractivity (Wildman–Crippen MR) is 209 cm³/mol. The first-order chi connectivity index (χ1) is 27.1. The molecule has 1 unspecified atom stereocenters. The van der Waals surface area contributed by atoms with Crippen LogP contribution in [0.1, 0.15) is 81.6 Å². The van der Waals surface area contributed by atoms with E-state index in [0.29, 0.717) is 63.4 Å². The van der Waals surface area contributed by atoms with Gasteiger partial charge in [-0.3, -0.25) is 29.0 Å². The van der Waals surface area contributed by atoms with Gasteiger partial charge in [0.1, 0.15) is 17.9 Å². The van der Waals surface area contributed by atoms with Crippen molar-refractivity contribution in [2.45, 2.75) is 63.1 Å². The quantitative estimate of drug-likeness (QED) is 0.300. The first-order valence-corrected chi connectivity index (χ1v) is 19.7. The molecule has 2 atom stereocenters. The Morgan fingerprint density at radius 1 is 0.929 bits per heavy atom. The second-order valence-corrected chi connectivity index (χ2v) is 15.7. The Bertz CT molecular complexity index is 2090. The van der Waals surface area contributed by atoms with Gasteiger partial charge in [0.05, 0.1) is 33.4 Å². The lowest BCUT2D eigenvalue weighted by molar-refractivity contribution is -0.125. The van der Waals surface area contributed by atoms with Crippen molar-refractivity contribution in [2.75, 3.05) is 55.6 Å². The van der Waals surface area contributed by atoms with Gasteiger partial charge in [-0.25, -0.2) is 9.97 Å². The summed E-state index contributed by atoms with van der Waals surface area (Å²) in [5, 5.41) is 15.3. The molecule has 2 N–H and O–H groups in total. The van der Waals surface area contributed by atoms with E-state index in [9.17, 15) is 19.2 Å². The number of piperazine rings is 1. The van der Waals surface area contributed by atoms with Crippen LogP contribution in [0.4, 0.5) is 11.6 Å². The molecule has 56 heavy (non-hydrogen) atoms. The topological polar surface area (TPSA) is 164 Å². The molecule has 5 heterocycles. The zero-order valence-electron chi connectivity index (χ0n) is 31.1. The van der Waals surface area contributed by atoms with Gasteiger partial charge >= 0.3 is 0 Å². The van der Waals surface area contributed by atoms with E-state index >= 15 is 0 Å². The van der Waals surface area contributed by atoms with Gasteiger partial charge in [0.2, 0.25) is 11.9 Å². The standard InChI is InChI=1S/C41H44ClN9O5/c1-25-2-11-36(38(53)46-25)51-39(54)33-10-6-30(18-34(33)40(51)55)49-16-14-48(15-17-49)23-26-12-13-50(24-26)41-44-21-28(22-45-41)37(52)47-29-4-8-31(9-5-29)56-32-7-3-27(20-43)35(42)19-32/h3,6-7,10,18-19,21-22,26,29,31,36H,1-2,4-5,8-9,11-17,23-24H2,(H,46,53)(H,47,52)/t26-,29-,31-,36?/m0/s1. The number of aromatic nitrogens is 2. The highest BCUT2D eigenvalue weighted by atomic mass is 35.5. The lowest BCUT2D eigenvalue weighted by atomic mass is 9.92. The molecule has 3 saturated heterocycles. The van der Waals surface area contributed by atoms with Crippen molar-refractivity contribution in [1.82, 2.24) is 30.4 Å². The fraction of sp³-hybridized carbons (Fsp3) is 0.439. The Kier molecular flexibility index (Phi) is 10.6. The van der Waals surface area contributed by atoms with Gasteiger partial charge in [0.15, 0.2) is 0 Å². The minimum atomic E-state index is -0.822. The van der Waals surface area contributed by atoms with Crippen LogP contribution >= 0.6 is 11.6 Å². The molecule has 1 aromatic heterocycles. The van der Waals surface area contributed by atoms with E-state index < -0.39 is 17.9 Å². The molecule has 14 nitrogen and oxygen atoms in total. The average Bonchev–Trinajstić information content (AvgIpc) is 3.77. The molecule has 0 spiro atoms. The maximum absolute atomic E-state index is 13.4. The number of rotatable bonds is 9. The molecular formula is C41H44ClN9O5. The molecule has 0 bridgehead atoms. The second-order valence-electron chi connectivity index (χ2n) is 15.3. The van der Waals surface area contributed by atoms with Crippen LogP contribution < -0.4 is 25.2 Å². The fourth-order valence-corrected chi connectivity index (χ4v) is 8.71. The number of piperidine rings is 1. The summed E-state index contributed by atoms with van der Waals surface area (Å²) in [7, 11) is 0. The maximum Gasteiger partial charge on any atom is 0.262 e. The molecule has 0 radical (unpaired) electrons. The summed E-state index contributed by atoms with van der Waals surface area (Å²) < 4.78 is 6.08. The Morgan fingerprint density at radius 3 is 2.39 bits per heavy atom. The Balaban J connectivity index is 0.769. The monoisotopic (exact) mass is 777 g/mol. The van der Waals surface area contributed by atoms with Crippen molar-refractivity contribution in [3.8, 4) is 11.8 Å². The summed E-state index contributed by atoms with van der Waals surface area (Å²) >= 11 is 6.15. The number of carbonyl (C=O) groups excluding carboxylic acids is 4. The zero-order chi connectivity index (χ0) is 38.9. The molecule has 15 heteroatoms. The van der Waals surface area contributed by atoms with Gasteiger partial charge in [-0.1, -0.05) is 18.2 Å². The fourth-order valence-electron chi connectivity index (χ4n) is 8.50. The molecule has 290 valence electrons. The van der Waals surface area contributed by atoms with E-state index in [0.717, 1.165) is 88.5 Å². The smallest absolute Gasteiger partial charge is 0.262 e. The van der Waals surface area contributed by atoms with Crippen molar-refractivity contribution in [3.63, 3.8) is 0 Å². The number of nitrogens with one attached hydrogen (secondary N) is 2. The number of benzene rings is 2. The van der Waals surface area contributed by atoms with Crippen molar-refractivity contribution in [1.29, 1.82) is 5.26 Å². The SMILES string of the molecule is C=C1CCC(N2C(=O)c3ccc(N4CCN(C[C@@H]5CCN(c6ncc(C(=O)N[C@H]7CC[C@H](Oc8ccc(C#N)c(Cl)c8)CC7)cn6)C5)CC4)cc3C2=O)C(=O)N1. The molecule has 4 amide bonds. The van der Waals surface area contributed by atoms with Crippen LogP contribution in [0.3, 0.4) is 0 Å². The molecule has 3 aromatic rings. The van der Waals surface area contributed by atoms with E-state index in [4.69, 9.17) is 21.6 Å². The van der Waals surface area contributed by atoms with Gasteiger partial charge in [0, 0.05) is 81.7 Å². The van der Waals surface area contributed by atoms with E-state index in [2.05, 4.69) is 47.9 Å². The number of hydrogen-bond acceptors (Lipinski definition) is 11. The number of nitrogens with zero attached hydrogens (tertiary/aromatic N) is 7. The molecule has 8 rings (SSSR count). The molecule has 1 saturated carbocycles. The summed E-state index contributed by atoms with van der Waals surface area (Å²) in [6.45, 7) is 9.79. The highest BCUT2D eigenvalue weighted by Crippen LogP contribution is 2.32. The Morgan fingerprint density at radius 2 is 1.68 bits per heavy atom. The van der Waals surface area contributed by atoms with Crippen LogP contribution in [0.25, 0.3) is 0 Å². The summed E-state index contributed by atoms with van der Waals surface area (Å²) in [5.41, 5.74) is 3.05. The number of halogens is 1. The molecular weight excluding hydrogens is 734 g/mol. The van der Waals surface area contributed by atoms with Crippen molar-refractivity contribution in [2.24, 2.45) is 5.92 Å². The number of amides is 4. The van der Waals surface area contributed by atoms with Crippen LogP contribution in [0.5, 0.6) is 5.75 Å². The second kappa shape index (κ2) is 15.9.